The van der Waals surface area contributed by atoms with Gasteiger partial charge in [-0.25, -0.2) is 0 Å². The van der Waals surface area contributed by atoms with E-state index in [4.69, 9.17) is 5.73 Å². The Morgan fingerprint density at radius 3 is 2.56 bits per heavy atom. The lowest BCUT2D eigenvalue weighted by atomic mass is 10.1. The molecule has 2 aromatic rings. The highest BCUT2D eigenvalue weighted by Crippen LogP contribution is 2.31. The van der Waals surface area contributed by atoms with Crippen molar-refractivity contribution in [1.29, 1.82) is 0 Å². The van der Waals surface area contributed by atoms with Gasteiger partial charge >= 0.3 is 6.18 Å². The zero-order valence-corrected chi connectivity index (χ0v) is 7.93. The largest absolute Gasteiger partial charge is 0.416 e. The van der Waals surface area contributed by atoms with Crippen molar-refractivity contribution in [2.45, 2.75) is 6.18 Å². The smallest absolute Gasteiger partial charge is 0.366 e. The lowest BCUT2D eigenvalue weighted by Gasteiger charge is -2.05. The van der Waals surface area contributed by atoms with Crippen LogP contribution in [0.2, 0.25) is 0 Å². The number of nitrogens with one attached hydrogen (secondary N) is 1. The third-order valence-corrected chi connectivity index (χ3v) is 2.27. The number of carbonyl (C=O) groups is 1. The normalized spacial score (nSPS) is 11.9. The van der Waals surface area contributed by atoms with Crippen LogP contribution < -0.4 is 5.73 Å². The molecule has 0 radical (unpaired) electrons. The highest BCUT2D eigenvalue weighted by Gasteiger charge is 2.30. The van der Waals surface area contributed by atoms with Crippen molar-refractivity contribution >= 4 is 16.8 Å². The van der Waals surface area contributed by atoms with Crippen molar-refractivity contribution in [2.24, 2.45) is 5.73 Å². The molecule has 0 aliphatic heterocycles. The zero-order chi connectivity index (χ0) is 11.9. The Balaban J connectivity index is 2.62. The van der Waals surface area contributed by atoms with Crippen LogP contribution in [-0.4, -0.2) is 10.9 Å². The number of primary amides is 1. The summed E-state index contributed by atoms with van der Waals surface area (Å²) in [4.78, 5) is 13.5. The minimum absolute atomic E-state index is 0.184. The molecule has 6 heteroatoms. The Bertz CT molecular complexity index is 557. The first-order chi connectivity index (χ1) is 7.39. The van der Waals surface area contributed by atoms with Crippen LogP contribution >= 0.6 is 0 Å². The summed E-state index contributed by atoms with van der Waals surface area (Å²) in [6.07, 6.45) is -3.10. The van der Waals surface area contributed by atoms with Gasteiger partial charge in [-0.15, -0.1) is 0 Å². The van der Waals surface area contributed by atoms with E-state index < -0.39 is 17.6 Å². The van der Waals surface area contributed by atoms with E-state index in [0.29, 0.717) is 5.39 Å². The molecule has 1 heterocycles. The van der Waals surface area contributed by atoms with Crippen molar-refractivity contribution in [3.63, 3.8) is 0 Å². The van der Waals surface area contributed by atoms with E-state index in [9.17, 15) is 18.0 Å². The van der Waals surface area contributed by atoms with Crippen LogP contribution in [0, 0.1) is 0 Å². The summed E-state index contributed by atoms with van der Waals surface area (Å²) in [6, 6.07) is 3.10. The molecule has 0 unspecified atom stereocenters. The number of H-pyrrole nitrogens is 1. The fourth-order valence-corrected chi connectivity index (χ4v) is 1.51. The van der Waals surface area contributed by atoms with Gasteiger partial charge in [0.05, 0.1) is 11.1 Å². The number of fused-ring (bicyclic) bond motifs is 1. The Morgan fingerprint density at radius 2 is 2.00 bits per heavy atom. The van der Waals surface area contributed by atoms with E-state index in [1.165, 1.54) is 12.3 Å². The fraction of sp³-hybridized carbons (Fsp3) is 0.100. The van der Waals surface area contributed by atoms with Gasteiger partial charge in [-0.1, -0.05) is 6.07 Å². The monoisotopic (exact) mass is 228 g/mol. The van der Waals surface area contributed by atoms with Gasteiger partial charge in [-0.2, -0.15) is 13.2 Å². The number of halogens is 3. The fourth-order valence-electron chi connectivity index (χ4n) is 1.51. The van der Waals surface area contributed by atoms with Crippen LogP contribution in [0.5, 0.6) is 0 Å². The molecular formula is C10H7F3N2O. The molecule has 0 bridgehead atoms. The molecule has 16 heavy (non-hydrogen) atoms. The van der Waals surface area contributed by atoms with E-state index in [1.807, 2.05) is 0 Å². The van der Waals surface area contributed by atoms with Crippen molar-refractivity contribution in [1.82, 2.24) is 4.98 Å². The average Bonchev–Trinajstić information content (AvgIpc) is 2.58. The lowest BCUT2D eigenvalue weighted by Crippen LogP contribution is -2.10. The summed E-state index contributed by atoms with van der Waals surface area (Å²) < 4.78 is 37.1. The van der Waals surface area contributed by atoms with Crippen molar-refractivity contribution < 1.29 is 18.0 Å². The predicted molar refractivity (Wildman–Crippen MR) is 51.8 cm³/mol. The maximum atomic E-state index is 12.4. The molecule has 0 saturated carbocycles. The van der Waals surface area contributed by atoms with Crippen molar-refractivity contribution in [3.05, 3.63) is 35.5 Å². The molecular weight excluding hydrogens is 221 g/mol. The van der Waals surface area contributed by atoms with Crippen molar-refractivity contribution in [2.75, 3.05) is 0 Å². The third kappa shape index (κ3) is 1.62. The SMILES string of the molecule is NC(=O)c1c[nH]c2cc(C(F)(F)F)ccc12. The van der Waals surface area contributed by atoms with Crippen LogP contribution in [0.15, 0.2) is 24.4 Å². The van der Waals surface area contributed by atoms with Gasteiger partial charge in [-0.3, -0.25) is 4.79 Å². The van der Waals surface area contributed by atoms with Gasteiger partial charge in [-0.05, 0) is 12.1 Å². The van der Waals surface area contributed by atoms with Crippen LogP contribution in [0.25, 0.3) is 10.9 Å². The van der Waals surface area contributed by atoms with Gasteiger partial charge in [0.25, 0.3) is 5.91 Å². The molecule has 0 aliphatic carbocycles. The molecule has 3 nitrogen and oxygen atoms in total. The zero-order valence-electron chi connectivity index (χ0n) is 7.93. The highest BCUT2D eigenvalue weighted by atomic mass is 19.4. The van der Waals surface area contributed by atoms with Crippen LogP contribution in [0.3, 0.4) is 0 Å². The molecule has 0 saturated heterocycles. The van der Waals surface area contributed by atoms with Gasteiger partial charge in [0.1, 0.15) is 0 Å². The molecule has 1 amide bonds. The average molecular weight is 228 g/mol. The number of aromatic nitrogens is 1. The Hall–Kier alpha value is -1.98. The summed E-state index contributed by atoms with van der Waals surface area (Å²) >= 11 is 0. The first-order valence-electron chi connectivity index (χ1n) is 4.38. The Labute approximate surface area is 88.1 Å². The molecule has 0 atom stereocenters. The standard InChI is InChI=1S/C10H7F3N2O/c11-10(12,13)5-1-2-6-7(9(14)16)4-15-8(6)3-5/h1-4,15H,(H2,14,16). The van der Waals surface area contributed by atoms with Gasteiger partial charge in [0.2, 0.25) is 0 Å². The first-order valence-corrected chi connectivity index (χ1v) is 4.38. The van der Waals surface area contributed by atoms with E-state index in [-0.39, 0.29) is 11.1 Å². The molecule has 0 fully saturated rings. The van der Waals surface area contributed by atoms with Crippen LogP contribution in [0.1, 0.15) is 15.9 Å². The van der Waals surface area contributed by atoms with E-state index in [0.717, 1.165) is 12.1 Å². The maximum Gasteiger partial charge on any atom is 0.416 e. The second-order valence-electron chi connectivity index (χ2n) is 3.32. The number of benzene rings is 1. The predicted octanol–water partition coefficient (Wildman–Crippen LogP) is 2.29. The van der Waals surface area contributed by atoms with E-state index in [1.54, 1.807) is 0 Å². The number of amides is 1. The number of carbonyl (C=O) groups excluding carboxylic acids is 1. The summed E-state index contributed by atoms with van der Waals surface area (Å²) in [5.41, 5.74) is 4.72. The topological polar surface area (TPSA) is 58.9 Å². The quantitative estimate of drug-likeness (QED) is 0.772. The van der Waals surface area contributed by atoms with Gasteiger partial charge < -0.3 is 10.7 Å². The summed E-state index contributed by atoms with van der Waals surface area (Å²) in [5.74, 6) is -0.675. The van der Waals surface area contributed by atoms with Crippen LogP contribution in [-0.2, 0) is 6.18 Å². The molecule has 2 rings (SSSR count). The Kier molecular flexibility index (Phi) is 2.15. The minimum atomic E-state index is -4.40. The molecule has 1 aromatic heterocycles. The summed E-state index contributed by atoms with van der Waals surface area (Å²) in [6.45, 7) is 0. The highest BCUT2D eigenvalue weighted by molar-refractivity contribution is 6.06. The number of hydrogen-bond donors (Lipinski definition) is 2. The first kappa shape index (κ1) is 10.5. The number of hydrogen-bond acceptors (Lipinski definition) is 1. The molecule has 0 aliphatic rings. The minimum Gasteiger partial charge on any atom is -0.366 e. The van der Waals surface area contributed by atoms with Crippen LogP contribution in [0.4, 0.5) is 13.2 Å². The molecule has 0 spiro atoms. The second kappa shape index (κ2) is 3.26. The molecule has 1 aromatic carbocycles. The van der Waals surface area contributed by atoms with Crippen molar-refractivity contribution in [3.8, 4) is 0 Å². The Morgan fingerprint density at radius 1 is 1.31 bits per heavy atom. The number of alkyl halides is 3. The van der Waals surface area contributed by atoms with Gasteiger partial charge in [0.15, 0.2) is 0 Å². The maximum absolute atomic E-state index is 12.4. The van der Waals surface area contributed by atoms with E-state index >= 15 is 0 Å². The number of aromatic amines is 1. The summed E-state index contributed by atoms with van der Waals surface area (Å²) in [5, 5.41) is 0.389. The van der Waals surface area contributed by atoms with E-state index in [2.05, 4.69) is 4.98 Å². The second-order valence-corrected chi connectivity index (χ2v) is 3.32. The third-order valence-electron chi connectivity index (χ3n) is 2.27. The van der Waals surface area contributed by atoms with Gasteiger partial charge in [0, 0.05) is 17.1 Å². The number of rotatable bonds is 1. The molecule has 3 N–H and O–H groups in total. The number of nitrogens with two attached hydrogens (primary N) is 1. The summed E-state index contributed by atoms with van der Waals surface area (Å²) in [7, 11) is 0. The molecule has 84 valence electrons. The lowest BCUT2D eigenvalue weighted by molar-refractivity contribution is -0.137.